The second kappa shape index (κ2) is 10.1. The minimum atomic E-state index is 0.205. The third kappa shape index (κ3) is 6.57. The van der Waals surface area contributed by atoms with Gasteiger partial charge in [0.15, 0.2) is 0 Å². The summed E-state index contributed by atoms with van der Waals surface area (Å²) in [6.07, 6.45) is 3.93. The Kier molecular flexibility index (Phi) is 8.42. The van der Waals surface area contributed by atoms with E-state index in [-0.39, 0.29) is 6.61 Å². The van der Waals surface area contributed by atoms with E-state index in [1.54, 1.807) is 0 Å². The first-order valence-electron chi connectivity index (χ1n) is 7.62. The second-order valence-electron chi connectivity index (χ2n) is 4.94. The van der Waals surface area contributed by atoms with Crippen LogP contribution in [0.15, 0.2) is 0 Å². The number of nitrogens with one attached hydrogen (secondary N) is 2. The summed E-state index contributed by atoms with van der Waals surface area (Å²) < 4.78 is 5.10. The molecule has 0 aromatic carbocycles. The van der Waals surface area contributed by atoms with E-state index in [0.717, 1.165) is 38.8 Å². The molecular weight excluding hydrogens is 270 g/mol. The van der Waals surface area contributed by atoms with Gasteiger partial charge in [0.1, 0.15) is 0 Å². The summed E-state index contributed by atoms with van der Waals surface area (Å²) in [5.41, 5.74) is 0. The van der Waals surface area contributed by atoms with Gasteiger partial charge in [-0.1, -0.05) is 20.3 Å². The molecule has 0 radical (unpaired) electrons. The van der Waals surface area contributed by atoms with Gasteiger partial charge in [-0.05, 0) is 25.2 Å². The first-order chi connectivity index (χ1) is 10.2. The molecule has 0 aliphatic carbocycles. The molecule has 7 nitrogen and oxygen atoms in total. The zero-order chi connectivity index (χ0) is 15.5. The summed E-state index contributed by atoms with van der Waals surface area (Å²) in [5.74, 6) is 1.43. The molecule has 120 valence electrons. The number of hydrogen-bond donors (Lipinski definition) is 3. The van der Waals surface area contributed by atoms with Crippen LogP contribution in [-0.2, 0) is 0 Å². The molecule has 1 aromatic heterocycles. The number of methoxy groups -OCH3 is 1. The molecule has 0 saturated heterocycles. The van der Waals surface area contributed by atoms with E-state index in [9.17, 15) is 0 Å². The molecule has 0 bridgehead atoms. The average molecular weight is 297 g/mol. The van der Waals surface area contributed by atoms with Gasteiger partial charge in [0, 0.05) is 19.7 Å². The van der Waals surface area contributed by atoms with E-state index in [4.69, 9.17) is 9.84 Å². The van der Waals surface area contributed by atoms with Crippen molar-refractivity contribution in [1.29, 1.82) is 0 Å². The molecule has 1 atom stereocenters. The van der Waals surface area contributed by atoms with Crippen LogP contribution in [0, 0.1) is 5.92 Å². The Balaban J connectivity index is 2.67. The van der Waals surface area contributed by atoms with Gasteiger partial charge in [0.05, 0.1) is 7.11 Å². The summed E-state index contributed by atoms with van der Waals surface area (Å²) >= 11 is 0. The molecule has 0 fully saturated rings. The van der Waals surface area contributed by atoms with E-state index in [0.29, 0.717) is 23.8 Å². The molecule has 0 aliphatic heterocycles. The Morgan fingerprint density at radius 2 is 1.76 bits per heavy atom. The number of rotatable bonds is 11. The maximum Gasteiger partial charge on any atom is 0.322 e. The van der Waals surface area contributed by atoms with Gasteiger partial charge in [0.2, 0.25) is 11.9 Å². The van der Waals surface area contributed by atoms with E-state index < -0.39 is 0 Å². The summed E-state index contributed by atoms with van der Waals surface area (Å²) in [6.45, 7) is 5.96. The predicted octanol–water partition coefficient (Wildman–Crippen LogP) is 1.91. The van der Waals surface area contributed by atoms with Crippen LogP contribution in [0.2, 0.25) is 0 Å². The summed E-state index contributed by atoms with van der Waals surface area (Å²) in [6, 6.07) is 0.292. The highest BCUT2D eigenvalue weighted by atomic mass is 16.5. The Labute approximate surface area is 126 Å². The normalized spacial score (nSPS) is 12.0. The lowest BCUT2D eigenvalue weighted by Crippen LogP contribution is -2.18. The molecule has 3 N–H and O–H groups in total. The molecule has 0 amide bonds. The average Bonchev–Trinajstić information content (AvgIpc) is 2.50. The van der Waals surface area contributed by atoms with Crippen LogP contribution in [0.4, 0.5) is 11.9 Å². The van der Waals surface area contributed by atoms with Crippen molar-refractivity contribution in [3.05, 3.63) is 0 Å². The molecular formula is C14H27N5O2. The predicted molar refractivity (Wildman–Crippen MR) is 83.8 cm³/mol. The molecule has 1 aromatic rings. The summed E-state index contributed by atoms with van der Waals surface area (Å²) in [4.78, 5) is 12.7. The lowest BCUT2D eigenvalue weighted by molar-refractivity contribution is 0.255. The van der Waals surface area contributed by atoms with Gasteiger partial charge in [-0.25, -0.2) is 0 Å². The lowest BCUT2D eigenvalue weighted by Gasteiger charge is -2.16. The molecule has 1 heterocycles. The van der Waals surface area contributed by atoms with Crippen molar-refractivity contribution in [3.63, 3.8) is 0 Å². The zero-order valence-electron chi connectivity index (χ0n) is 13.2. The maximum atomic E-state index is 9.08. The fourth-order valence-electron chi connectivity index (χ4n) is 2.02. The van der Waals surface area contributed by atoms with Crippen molar-refractivity contribution in [1.82, 2.24) is 15.0 Å². The minimum absolute atomic E-state index is 0.205. The highest BCUT2D eigenvalue weighted by Crippen LogP contribution is 2.14. The van der Waals surface area contributed by atoms with Crippen molar-refractivity contribution in [2.24, 2.45) is 5.92 Å². The molecule has 0 saturated carbocycles. The van der Waals surface area contributed by atoms with Crippen LogP contribution in [0.3, 0.4) is 0 Å². The quantitative estimate of drug-likeness (QED) is 0.574. The molecule has 21 heavy (non-hydrogen) atoms. The van der Waals surface area contributed by atoms with Gasteiger partial charge < -0.3 is 20.5 Å². The van der Waals surface area contributed by atoms with E-state index in [2.05, 4.69) is 39.4 Å². The first-order valence-corrected chi connectivity index (χ1v) is 7.62. The lowest BCUT2D eigenvalue weighted by atomic mass is 10.0. The number of aromatic nitrogens is 3. The van der Waals surface area contributed by atoms with E-state index in [1.807, 2.05) is 0 Å². The number of ether oxygens (including phenoxy) is 1. The van der Waals surface area contributed by atoms with Crippen LogP contribution >= 0.6 is 0 Å². The van der Waals surface area contributed by atoms with Gasteiger partial charge in [0.25, 0.3) is 0 Å². The molecule has 1 rings (SSSR count). The number of aliphatic hydroxyl groups is 1. The maximum absolute atomic E-state index is 9.08. The Hall–Kier alpha value is -1.63. The SMILES string of the molecule is CCCNc1nc(NCC(CCC)CCO)nc(OC)n1. The summed E-state index contributed by atoms with van der Waals surface area (Å²) in [5, 5.41) is 15.4. The van der Waals surface area contributed by atoms with Gasteiger partial charge in [-0.2, -0.15) is 15.0 Å². The Bertz CT molecular complexity index is 397. The monoisotopic (exact) mass is 297 g/mol. The zero-order valence-corrected chi connectivity index (χ0v) is 13.2. The van der Waals surface area contributed by atoms with Crippen LogP contribution < -0.4 is 15.4 Å². The molecule has 7 heteroatoms. The first kappa shape index (κ1) is 17.4. The number of anilines is 2. The second-order valence-corrected chi connectivity index (χ2v) is 4.94. The molecule has 1 unspecified atom stereocenters. The van der Waals surface area contributed by atoms with E-state index in [1.165, 1.54) is 7.11 Å². The highest BCUT2D eigenvalue weighted by molar-refractivity contribution is 5.35. The third-order valence-electron chi connectivity index (χ3n) is 3.11. The Morgan fingerprint density at radius 3 is 2.33 bits per heavy atom. The van der Waals surface area contributed by atoms with Crippen molar-refractivity contribution < 1.29 is 9.84 Å². The fourth-order valence-corrected chi connectivity index (χ4v) is 2.02. The number of hydrogen-bond acceptors (Lipinski definition) is 7. The van der Waals surface area contributed by atoms with Gasteiger partial charge in [-0.15, -0.1) is 0 Å². The molecule has 0 spiro atoms. The van der Waals surface area contributed by atoms with Gasteiger partial charge in [-0.3, -0.25) is 0 Å². The largest absolute Gasteiger partial charge is 0.467 e. The topological polar surface area (TPSA) is 92.2 Å². The van der Waals surface area contributed by atoms with Crippen molar-refractivity contribution in [2.75, 3.05) is 37.4 Å². The molecule has 0 aliphatic rings. The smallest absolute Gasteiger partial charge is 0.322 e. The van der Waals surface area contributed by atoms with Crippen LogP contribution in [0.5, 0.6) is 6.01 Å². The third-order valence-corrected chi connectivity index (χ3v) is 3.11. The van der Waals surface area contributed by atoms with Gasteiger partial charge >= 0.3 is 6.01 Å². The van der Waals surface area contributed by atoms with Crippen LogP contribution in [0.1, 0.15) is 39.5 Å². The van der Waals surface area contributed by atoms with Crippen LogP contribution in [0.25, 0.3) is 0 Å². The van der Waals surface area contributed by atoms with Crippen molar-refractivity contribution >= 4 is 11.9 Å². The van der Waals surface area contributed by atoms with Crippen molar-refractivity contribution in [3.8, 4) is 6.01 Å². The standard InChI is InChI=1S/C14H27N5O2/c1-4-6-11(7-9-20)10-16-13-17-12(15-8-5-2)18-14(19-13)21-3/h11,20H,4-10H2,1-3H3,(H2,15,16,17,18,19). The Morgan fingerprint density at radius 1 is 1.05 bits per heavy atom. The fraction of sp³-hybridized carbons (Fsp3) is 0.786. The number of nitrogens with zero attached hydrogens (tertiary/aromatic N) is 3. The van der Waals surface area contributed by atoms with E-state index >= 15 is 0 Å². The number of aliphatic hydroxyl groups excluding tert-OH is 1. The highest BCUT2D eigenvalue weighted by Gasteiger charge is 2.10. The minimum Gasteiger partial charge on any atom is -0.467 e. The summed E-state index contributed by atoms with van der Waals surface area (Å²) in [7, 11) is 1.54. The van der Waals surface area contributed by atoms with Crippen LogP contribution in [-0.4, -0.2) is 46.9 Å². The van der Waals surface area contributed by atoms with Crippen molar-refractivity contribution in [2.45, 2.75) is 39.5 Å².